The van der Waals surface area contributed by atoms with Crippen LogP contribution < -0.4 is 10.6 Å². The van der Waals surface area contributed by atoms with Gasteiger partial charge in [0.25, 0.3) is 0 Å². The van der Waals surface area contributed by atoms with Gasteiger partial charge in [-0.15, -0.1) is 0 Å². The topological polar surface area (TPSA) is 134 Å². The molecule has 3 amide bonds. The number of likely N-dealkylation sites (N-methyl/N-ethyl adjacent to an activating group) is 1. The number of nitrogens with zero attached hydrogens (tertiary/aromatic N) is 1. The van der Waals surface area contributed by atoms with Crippen LogP contribution in [0.25, 0.3) is 0 Å². The number of carbonyl (C=O) groups excluding carboxylic acids is 4. The zero-order chi connectivity index (χ0) is 24.5. The third-order valence-corrected chi connectivity index (χ3v) is 4.31. The SMILES string of the molecule is CCOC(=O)CCNC(=O)C(c1cccc(C)c1O)N(C)C(=O)CNC(=O)OC(C)(C)C. The van der Waals surface area contributed by atoms with Crippen LogP contribution in [0.5, 0.6) is 5.75 Å². The van der Waals surface area contributed by atoms with Crippen molar-refractivity contribution < 1.29 is 33.8 Å². The highest BCUT2D eigenvalue weighted by Crippen LogP contribution is 2.31. The van der Waals surface area contributed by atoms with E-state index in [-0.39, 0.29) is 30.9 Å². The van der Waals surface area contributed by atoms with Gasteiger partial charge < -0.3 is 30.1 Å². The van der Waals surface area contributed by atoms with E-state index in [1.54, 1.807) is 46.8 Å². The number of para-hydroxylation sites is 1. The molecule has 0 heterocycles. The highest BCUT2D eigenvalue weighted by Gasteiger charge is 2.31. The van der Waals surface area contributed by atoms with Gasteiger partial charge in [0, 0.05) is 19.2 Å². The smallest absolute Gasteiger partial charge is 0.408 e. The van der Waals surface area contributed by atoms with E-state index in [0.717, 1.165) is 4.90 Å². The van der Waals surface area contributed by atoms with Crippen molar-refractivity contribution in [1.82, 2.24) is 15.5 Å². The quantitative estimate of drug-likeness (QED) is 0.487. The molecule has 0 saturated carbocycles. The predicted molar refractivity (Wildman–Crippen MR) is 117 cm³/mol. The maximum Gasteiger partial charge on any atom is 0.408 e. The van der Waals surface area contributed by atoms with Gasteiger partial charge in [-0.05, 0) is 40.2 Å². The lowest BCUT2D eigenvalue weighted by molar-refractivity contribution is -0.143. The number of phenols is 1. The molecule has 178 valence electrons. The standard InChI is InChI=1S/C22H33N3O7/c1-7-31-17(27)11-12-23-20(29)18(15-10-8-9-14(2)19(15)28)25(6)16(26)13-24-21(30)32-22(3,4)5/h8-10,18,28H,7,11-13H2,1-6H3,(H,23,29)(H,24,30). The molecule has 0 aliphatic carbocycles. The molecule has 3 N–H and O–H groups in total. The highest BCUT2D eigenvalue weighted by molar-refractivity contribution is 5.91. The second-order valence-corrected chi connectivity index (χ2v) is 8.12. The molecule has 0 saturated heterocycles. The van der Waals surface area contributed by atoms with Crippen LogP contribution >= 0.6 is 0 Å². The van der Waals surface area contributed by atoms with E-state index in [9.17, 15) is 24.3 Å². The van der Waals surface area contributed by atoms with Gasteiger partial charge in [-0.25, -0.2) is 4.79 Å². The summed E-state index contributed by atoms with van der Waals surface area (Å²) in [6, 6.07) is 3.66. The second-order valence-electron chi connectivity index (χ2n) is 8.12. The molecule has 1 rings (SSSR count). The molecule has 32 heavy (non-hydrogen) atoms. The van der Waals surface area contributed by atoms with E-state index < -0.39 is 42.1 Å². The molecular weight excluding hydrogens is 418 g/mol. The summed E-state index contributed by atoms with van der Waals surface area (Å²) in [6.45, 7) is 8.24. The number of esters is 1. The molecule has 0 spiro atoms. The number of benzene rings is 1. The van der Waals surface area contributed by atoms with Crippen molar-refractivity contribution in [1.29, 1.82) is 0 Å². The number of nitrogens with one attached hydrogen (secondary N) is 2. The minimum Gasteiger partial charge on any atom is -0.507 e. The number of amides is 3. The van der Waals surface area contributed by atoms with Gasteiger partial charge in [0.05, 0.1) is 13.0 Å². The molecule has 1 aromatic carbocycles. The normalized spacial score (nSPS) is 11.8. The van der Waals surface area contributed by atoms with Crippen LogP contribution in [0.4, 0.5) is 4.79 Å². The summed E-state index contributed by atoms with van der Waals surface area (Å²) >= 11 is 0. The summed E-state index contributed by atoms with van der Waals surface area (Å²) in [6.07, 6.45) is -0.808. The molecule has 0 aliphatic heterocycles. The Morgan fingerprint density at radius 1 is 1.16 bits per heavy atom. The van der Waals surface area contributed by atoms with Gasteiger partial charge in [0.2, 0.25) is 11.8 Å². The Morgan fingerprint density at radius 3 is 2.41 bits per heavy atom. The molecular formula is C22H33N3O7. The van der Waals surface area contributed by atoms with Crippen molar-refractivity contribution in [2.24, 2.45) is 0 Å². The molecule has 0 bridgehead atoms. The van der Waals surface area contributed by atoms with Gasteiger partial charge in [-0.1, -0.05) is 18.2 Å². The third-order valence-electron chi connectivity index (χ3n) is 4.31. The maximum atomic E-state index is 12.9. The number of carbonyl (C=O) groups is 4. The summed E-state index contributed by atoms with van der Waals surface area (Å²) in [7, 11) is 1.39. The number of ether oxygens (including phenoxy) is 2. The lowest BCUT2D eigenvalue weighted by Crippen LogP contribution is -2.46. The Balaban J connectivity index is 2.98. The number of hydrogen-bond acceptors (Lipinski definition) is 7. The van der Waals surface area contributed by atoms with E-state index >= 15 is 0 Å². The Labute approximate surface area is 188 Å². The van der Waals surface area contributed by atoms with Crippen LogP contribution in [0.15, 0.2) is 18.2 Å². The van der Waals surface area contributed by atoms with Gasteiger partial charge >= 0.3 is 12.1 Å². The van der Waals surface area contributed by atoms with Crippen LogP contribution in [-0.4, -0.2) is 66.2 Å². The van der Waals surface area contributed by atoms with Crippen LogP contribution in [-0.2, 0) is 23.9 Å². The van der Waals surface area contributed by atoms with Crippen molar-refractivity contribution in [3.05, 3.63) is 29.3 Å². The van der Waals surface area contributed by atoms with Crippen molar-refractivity contribution in [2.75, 3.05) is 26.7 Å². The average Bonchev–Trinajstić information content (AvgIpc) is 2.68. The molecule has 0 fully saturated rings. The minimum absolute atomic E-state index is 0.00106. The molecule has 10 heteroatoms. The Bertz CT molecular complexity index is 833. The first kappa shape index (κ1) is 26.7. The molecule has 0 radical (unpaired) electrons. The lowest BCUT2D eigenvalue weighted by atomic mass is 10.0. The fourth-order valence-electron chi connectivity index (χ4n) is 2.78. The van der Waals surface area contributed by atoms with Crippen molar-refractivity contribution >= 4 is 23.9 Å². The highest BCUT2D eigenvalue weighted by atomic mass is 16.6. The van der Waals surface area contributed by atoms with E-state index in [1.807, 2.05) is 0 Å². The van der Waals surface area contributed by atoms with Crippen LogP contribution in [0.1, 0.15) is 51.3 Å². The first-order chi connectivity index (χ1) is 14.9. The lowest BCUT2D eigenvalue weighted by Gasteiger charge is -2.29. The predicted octanol–water partition coefficient (Wildman–Crippen LogP) is 1.79. The molecule has 10 nitrogen and oxygen atoms in total. The fourth-order valence-corrected chi connectivity index (χ4v) is 2.78. The summed E-state index contributed by atoms with van der Waals surface area (Å²) in [5, 5.41) is 15.4. The zero-order valence-corrected chi connectivity index (χ0v) is 19.5. The fraction of sp³-hybridized carbons (Fsp3) is 0.545. The number of aryl methyl sites for hydroxylation is 1. The molecule has 1 unspecified atom stereocenters. The molecule has 1 aromatic rings. The maximum absolute atomic E-state index is 12.9. The number of phenolic OH excluding ortho intramolecular Hbond substituents is 1. The van der Waals surface area contributed by atoms with Crippen molar-refractivity contribution in [2.45, 2.75) is 52.7 Å². The monoisotopic (exact) mass is 451 g/mol. The van der Waals surface area contributed by atoms with E-state index in [4.69, 9.17) is 9.47 Å². The van der Waals surface area contributed by atoms with Gasteiger partial charge in [-0.3, -0.25) is 14.4 Å². The van der Waals surface area contributed by atoms with Gasteiger partial charge in [0.15, 0.2) is 0 Å². The van der Waals surface area contributed by atoms with Gasteiger partial charge in [0.1, 0.15) is 23.9 Å². The van der Waals surface area contributed by atoms with Crippen molar-refractivity contribution in [3.8, 4) is 5.75 Å². The first-order valence-electron chi connectivity index (χ1n) is 10.3. The Morgan fingerprint density at radius 2 is 1.81 bits per heavy atom. The van der Waals surface area contributed by atoms with Gasteiger partial charge in [-0.2, -0.15) is 0 Å². The van der Waals surface area contributed by atoms with E-state index in [2.05, 4.69) is 10.6 Å². The van der Waals surface area contributed by atoms with Crippen molar-refractivity contribution in [3.63, 3.8) is 0 Å². The number of alkyl carbamates (subject to hydrolysis) is 1. The Kier molecular flexibility index (Phi) is 9.96. The zero-order valence-electron chi connectivity index (χ0n) is 19.5. The van der Waals surface area contributed by atoms with E-state index in [1.165, 1.54) is 13.1 Å². The van der Waals surface area contributed by atoms with Crippen LogP contribution in [0.2, 0.25) is 0 Å². The van der Waals surface area contributed by atoms with Crippen LogP contribution in [0.3, 0.4) is 0 Å². The van der Waals surface area contributed by atoms with E-state index in [0.29, 0.717) is 5.56 Å². The molecule has 0 aromatic heterocycles. The third kappa shape index (κ3) is 8.44. The largest absolute Gasteiger partial charge is 0.507 e. The Hall–Kier alpha value is -3.30. The molecule has 1 atom stereocenters. The second kappa shape index (κ2) is 11.9. The first-order valence-corrected chi connectivity index (χ1v) is 10.3. The summed E-state index contributed by atoms with van der Waals surface area (Å²) < 4.78 is 9.94. The average molecular weight is 452 g/mol. The number of hydrogen-bond donors (Lipinski definition) is 3. The number of rotatable bonds is 9. The summed E-state index contributed by atoms with van der Waals surface area (Å²) in [5.74, 6) is -1.77. The minimum atomic E-state index is -1.19. The molecule has 0 aliphatic rings. The van der Waals surface area contributed by atoms with Crippen LogP contribution in [0, 0.1) is 6.92 Å². The summed E-state index contributed by atoms with van der Waals surface area (Å²) in [5.41, 5.74) is 0.0135. The number of aromatic hydroxyl groups is 1. The summed E-state index contributed by atoms with van der Waals surface area (Å²) in [4.78, 5) is 50.1.